The number of imidazole rings is 1. The maximum atomic E-state index is 6.14. The fourth-order valence-corrected chi connectivity index (χ4v) is 3.66. The Labute approximate surface area is 156 Å². The average molecular weight is 359 g/mol. The monoisotopic (exact) mass is 359 g/mol. The highest BCUT2D eigenvalue weighted by molar-refractivity contribution is 5.83. The van der Waals surface area contributed by atoms with Crippen LogP contribution in [0.1, 0.15) is 18.9 Å². The molecule has 0 amide bonds. The van der Waals surface area contributed by atoms with E-state index in [2.05, 4.69) is 36.2 Å². The van der Waals surface area contributed by atoms with Gasteiger partial charge in [0.2, 0.25) is 0 Å². The van der Waals surface area contributed by atoms with Gasteiger partial charge in [-0.1, -0.05) is 12.1 Å². The largest absolute Gasteiger partial charge is 0.383 e. The first-order chi connectivity index (χ1) is 13.3. The van der Waals surface area contributed by atoms with Crippen LogP contribution in [0, 0.1) is 0 Å². The first-order valence-electron chi connectivity index (χ1n) is 9.24. The van der Waals surface area contributed by atoms with Crippen molar-refractivity contribution in [3.05, 3.63) is 48.9 Å². The van der Waals surface area contributed by atoms with E-state index in [0.29, 0.717) is 11.9 Å². The van der Waals surface area contributed by atoms with Crippen LogP contribution in [0.3, 0.4) is 0 Å². The molecule has 1 saturated heterocycles. The number of nitrogens with one attached hydrogen (secondary N) is 2. The van der Waals surface area contributed by atoms with Crippen molar-refractivity contribution in [1.82, 2.24) is 30.0 Å². The minimum atomic E-state index is 0.455. The normalized spacial score (nSPS) is 15.4. The third-order valence-electron chi connectivity index (χ3n) is 5.18. The molecule has 3 aromatic heterocycles. The van der Waals surface area contributed by atoms with Crippen LogP contribution in [0.5, 0.6) is 0 Å². The van der Waals surface area contributed by atoms with Gasteiger partial charge in [0, 0.05) is 23.5 Å². The molecule has 0 radical (unpaired) electrons. The van der Waals surface area contributed by atoms with Crippen molar-refractivity contribution >= 4 is 16.9 Å². The Bertz CT molecular complexity index is 1060. The van der Waals surface area contributed by atoms with E-state index in [-0.39, 0.29) is 0 Å². The van der Waals surface area contributed by atoms with Gasteiger partial charge < -0.3 is 16.0 Å². The molecule has 4 heterocycles. The average Bonchev–Trinajstić information content (AvgIpc) is 3.36. The quantitative estimate of drug-likeness (QED) is 0.522. The van der Waals surface area contributed by atoms with Crippen molar-refractivity contribution in [3.63, 3.8) is 0 Å². The SMILES string of the molecule is Nc1ncc(-c2cnn(C3CCNCC3)c2)cc1-c1nc2ccccc2[nH]1. The van der Waals surface area contributed by atoms with E-state index in [1.54, 1.807) is 6.20 Å². The Kier molecular flexibility index (Phi) is 3.86. The molecule has 1 fully saturated rings. The van der Waals surface area contributed by atoms with Crippen LogP contribution in [0.2, 0.25) is 0 Å². The Morgan fingerprint density at radius 2 is 1.93 bits per heavy atom. The molecule has 0 bridgehead atoms. The zero-order valence-corrected chi connectivity index (χ0v) is 14.9. The smallest absolute Gasteiger partial charge is 0.142 e. The number of nitrogens with two attached hydrogens (primary N) is 1. The number of hydrogen-bond donors (Lipinski definition) is 3. The molecule has 5 rings (SSSR count). The summed E-state index contributed by atoms with van der Waals surface area (Å²) in [6.07, 6.45) is 8.01. The van der Waals surface area contributed by atoms with E-state index >= 15 is 0 Å². The summed E-state index contributed by atoms with van der Waals surface area (Å²) in [6.45, 7) is 2.08. The Balaban J connectivity index is 1.51. The summed E-state index contributed by atoms with van der Waals surface area (Å²) in [5, 5.41) is 7.97. The number of H-pyrrole nitrogens is 1. The fraction of sp³-hybridized carbons (Fsp3) is 0.250. The van der Waals surface area contributed by atoms with Crippen LogP contribution >= 0.6 is 0 Å². The summed E-state index contributed by atoms with van der Waals surface area (Å²) in [7, 11) is 0. The number of aromatic nitrogens is 5. The van der Waals surface area contributed by atoms with Gasteiger partial charge in [0.25, 0.3) is 0 Å². The molecule has 1 aromatic carbocycles. The van der Waals surface area contributed by atoms with Gasteiger partial charge >= 0.3 is 0 Å². The number of pyridine rings is 1. The highest BCUT2D eigenvalue weighted by Gasteiger charge is 2.17. The number of nitrogen functional groups attached to an aromatic ring is 1. The molecule has 1 aliphatic heterocycles. The molecule has 0 unspecified atom stereocenters. The van der Waals surface area contributed by atoms with Crippen molar-refractivity contribution in [1.29, 1.82) is 0 Å². The number of piperidine rings is 1. The number of anilines is 1. The van der Waals surface area contributed by atoms with Crippen LogP contribution in [-0.4, -0.2) is 37.8 Å². The predicted molar refractivity (Wildman–Crippen MR) is 106 cm³/mol. The summed E-state index contributed by atoms with van der Waals surface area (Å²) in [5.41, 5.74) is 10.9. The standard InChI is InChI=1S/C20H21N7/c21-19-16(20-25-17-3-1-2-4-18(17)26-20)9-13(10-23-19)14-11-24-27(12-14)15-5-7-22-8-6-15/h1-4,9-12,15,22H,5-8H2,(H2,21,23)(H,25,26). The van der Waals surface area contributed by atoms with Crippen LogP contribution in [0.25, 0.3) is 33.5 Å². The highest BCUT2D eigenvalue weighted by atomic mass is 15.3. The van der Waals surface area contributed by atoms with E-state index in [1.807, 2.05) is 36.5 Å². The number of hydrogen-bond acceptors (Lipinski definition) is 5. The molecule has 136 valence electrons. The maximum Gasteiger partial charge on any atom is 0.142 e. The van der Waals surface area contributed by atoms with Gasteiger partial charge in [-0.15, -0.1) is 0 Å². The molecule has 1 aliphatic rings. The summed E-state index contributed by atoms with van der Waals surface area (Å²) in [6, 6.07) is 10.4. The molecular formula is C20H21N7. The molecule has 7 nitrogen and oxygen atoms in total. The lowest BCUT2D eigenvalue weighted by atomic mass is 10.1. The number of rotatable bonds is 3. The summed E-state index contributed by atoms with van der Waals surface area (Å²) >= 11 is 0. The molecule has 7 heteroatoms. The molecule has 4 aromatic rings. The molecule has 0 saturated carbocycles. The minimum absolute atomic E-state index is 0.455. The van der Waals surface area contributed by atoms with Crippen molar-refractivity contribution in [2.45, 2.75) is 18.9 Å². The van der Waals surface area contributed by atoms with Gasteiger partial charge in [0.05, 0.1) is 28.8 Å². The maximum absolute atomic E-state index is 6.14. The third kappa shape index (κ3) is 2.96. The van der Waals surface area contributed by atoms with E-state index in [9.17, 15) is 0 Å². The number of benzene rings is 1. The Morgan fingerprint density at radius 3 is 2.78 bits per heavy atom. The first kappa shape index (κ1) is 16.0. The Morgan fingerprint density at radius 1 is 1.07 bits per heavy atom. The van der Waals surface area contributed by atoms with Crippen LogP contribution < -0.4 is 11.1 Å². The topological polar surface area (TPSA) is 97.4 Å². The van der Waals surface area contributed by atoms with Crippen LogP contribution in [0.4, 0.5) is 5.82 Å². The second kappa shape index (κ2) is 6.51. The lowest BCUT2D eigenvalue weighted by Crippen LogP contribution is -2.29. The van der Waals surface area contributed by atoms with Crippen molar-refractivity contribution < 1.29 is 0 Å². The fourth-order valence-electron chi connectivity index (χ4n) is 3.66. The lowest BCUT2D eigenvalue weighted by molar-refractivity contribution is 0.343. The van der Waals surface area contributed by atoms with E-state index in [4.69, 9.17) is 5.73 Å². The molecule has 0 spiro atoms. The van der Waals surface area contributed by atoms with Gasteiger partial charge in [0.15, 0.2) is 0 Å². The number of para-hydroxylation sites is 2. The third-order valence-corrected chi connectivity index (χ3v) is 5.18. The van der Waals surface area contributed by atoms with Gasteiger partial charge in [-0.2, -0.15) is 5.10 Å². The van der Waals surface area contributed by atoms with Crippen LogP contribution in [-0.2, 0) is 0 Å². The number of aromatic amines is 1. The second-order valence-electron chi connectivity index (χ2n) is 6.95. The molecule has 0 atom stereocenters. The second-order valence-corrected chi connectivity index (χ2v) is 6.95. The Hall–Kier alpha value is -3.19. The van der Waals surface area contributed by atoms with E-state index < -0.39 is 0 Å². The first-order valence-corrected chi connectivity index (χ1v) is 9.24. The van der Waals surface area contributed by atoms with E-state index in [0.717, 1.165) is 59.5 Å². The van der Waals surface area contributed by atoms with E-state index in [1.165, 1.54) is 0 Å². The van der Waals surface area contributed by atoms with Crippen molar-refractivity contribution in [3.8, 4) is 22.5 Å². The molecular weight excluding hydrogens is 338 g/mol. The number of nitrogens with zero attached hydrogens (tertiary/aromatic N) is 4. The van der Waals surface area contributed by atoms with Crippen LogP contribution in [0.15, 0.2) is 48.9 Å². The van der Waals surface area contributed by atoms with Gasteiger partial charge in [-0.3, -0.25) is 4.68 Å². The highest BCUT2D eigenvalue weighted by Crippen LogP contribution is 2.30. The van der Waals surface area contributed by atoms with Crippen molar-refractivity contribution in [2.24, 2.45) is 0 Å². The minimum Gasteiger partial charge on any atom is -0.383 e. The summed E-state index contributed by atoms with van der Waals surface area (Å²) in [4.78, 5) is 12.4. The number of fused-ring (bicyclic) bond motifs is 1. The molecule has 0 aliphatic carbocycles. The van der Waals surface area contributed by atoms with Crippen molar-refractivity contribution in [2.75, 3.05) is 18.8 Å². The molecule has 4 N–H and O–H groups in total. The van der Waals surface area contributed by atoms with Gasteiger partial charge in [-0.05, 0) is 44.1 Å². The van der Waals surface area contributed by atoms with Gasteiger partial charge in [-0.25, -0.2) is 9.97 Å². The summed E-state index contributed by atoms with van der Waals surface area (Å²) in [5.74, 6) is 1.19. The zero-order chi connectivity index (χ0) is 18.2. The lowest BCUT2D eigenvalue weighted by Gasteiger charge is -2.22. The zero-order valence-electron chi connectivity index (χ0n) is 14.9. The summed E-state index contributed by atoms with van der Waals surface area (Å²) < 4.78 is 2.08. The molecule has 27 heavy (non-hydrogen) atoms. The van der Waals surface area contributed by atoms with Gasteiger partial charge in [0.1, 0.15) is 11.6 Å². The predicted octanol–water partition coefficient (Wildman–Crippen LogP) is 3.00.